The van der Waals surface area contributed by atoms with Crippen molar-refractivity contribution in [2.45, 2.75) is 119 Å². The normalized spacial score (nSPS) is 12.0. The maximum absolute atomic E-state index is 3.68. The summed E-state index contributed by atoms with van der Waals surface area (Å²) in [4.78, 5) is 0. The van der Waals surface area contributed by atoms with Crippen molar-refractivity contribution in [3.63, 3.8) is 0 Å². The highest BCUT2D eigenvalue weighted by Gasteiger charge is 2.26. The van der Waals surface area contributed by atoms with Crippen molar-refractivity contribution in [1.29, 1.82) is 0 Å². The second-order valence-corrected chi connectivity index (χ2v) is 19.4. The van der Waals surface area contributed by atoms with E-state index in [-0.39, 0.29) is 0 Å². The molecular formula is C54H60Br2. The zero-order chi connectivity index (χ0) is 40.6. The highest BCUT2D eigenvalue weighted by Crippen LogP contribution is 2.49. The van der Waals surface area contributed by atoms with E-state index < -0.39 is 0 Å². The molecule has 0 N–H and O–H groups in total. The van der Waals surface area contributed by atoms with Crippen LogP contribution in [-0.2, 0) is 0 Å². The minimum atomic E-state index is 0.355. The number of hydrogen-bond acceptors (Lipinski definition) is 0. The summed E-state index contributed by atoms with van der Waals surface area (Å²) in [6.07, 6.45) is 0. The molecule has 0 radical (unpaired) electrons. The Morgan fingerprint density at radius 2 is 0.554 bits per heavy atom. The SMILES string of the molecule is CC(C)c1cc(C(C)C)c(-c2cc(-c3ccc(Br)cc3)ccc2-c2ccc(-c3ccc(Br)cc3)cc2-c2c(C(C)C)cc(C(C)C)cc2C(C)C)c(C(C)C)c1. The Balaban J connectivity index is 1.79. The predicted octanol–water partition coefficient (Wildman–Crippen LogP) is 18.3. The fourth-order valence-electron chi connectivity index (χ4n) is 8.15. The van der Waals surface area contributed by atoms with E-state index in [1.54, 1.807) is 0 Å². The largest absolute Gasteiger partial charge is 0.0587 e. The van der Waals surface area contributed by atoms with Crippen LogP contribution in [0.5, 0.6) is 0 Å². The third kappa shape index (κ3) is 8.73. The Morgan fingerprint density at radius 1 is 0.286 bits per heavy atom. The first-order valence-electron chi connectivity index (χ1n) is 20.7. The summed E-state index contributed by atoms with van der Waals surface area (Å²) < 4.78 is 2.18. The van der Waals surface area contributed by atoms with Crippen LogP contribution in [0.3, 0.4) is 0 Å². The quantitative estimate of drug-likeness (QED) is 0.122. The highest BCUT2D eigenvalue weighted by atomic mass is 79.9. The smallest absolute Gasteiger partial charge is 0.0175 e. The Hall–Kier alpha value is -3.72. The lowest BCUT2D eigenvalue weighted by Gasteiger charge is -2.28. The fourth-order valence-corrected chi connectivity index (χ4v) is 8.68. The minimum absolute atomic E-state index is 0.355. The van der Waals surface area contributed by atoms with E-state index in [0.29, 0.717) is 35.5 Å². The highest BCUT2D eigenvalue weighted by molar-refractivity contribution is 9.10. The van der Waals surface area contributed by atoms with Crippen LogP contribution in [0.15, 0.2) is 118 Å². The minimum Gasteiger partial charge on any atom is -0.0587 e. The average Bonchev–Trinajstić information content (AvgIpc) is 3.16. The average molecular weight is 869 g/mol. The van der Waals surface area contributed by atoms with Gasteiger partial charge in [-0.05, 0) is 161 Å². The van der Waals surface area contributed by atoms with Crippen molar-refractivity contribution < 1.29 is 0 Å². The van der Waals surface area contributed by atoms with Crippen LogP contribution in [0.25, 0.3) is 55.6 Å². The summed E-state index contributed by atoms with van der Waals surface area (Å²) in [6.45, 7) is 28.2. The van der Waals surface area contributed by atoms with Gasteiger partial charge in [-0.3, -0.25) is 0 Å². The summed E-state index contributed by atoms with van der Waals surface area (Å²) in [5.74, 6) is 2.31. The molecule has 56 heavy (non-hydrogen) atoms. The molecule has 0 aliphatic heterocycles. The van der Waals surface area contributed by atoms with E-state index in [9.17, 15) is 0 Å². The monoisotopic (exact) mass is 866 g/mol. The Labute approximate surface area is 355 Å². The van der Waals surface area contributed by atoms with Gasteiger partial charge in [-0.15, -0.1) is 0 Å². The van der Waals surface area contributed by atoms with Crippen LogP contribution in [0.2, 0.25) is 0 Å². The lowest BCUT2D eigenvalue weighted by Crippen LogP contribution is -2.06. The summed E-state index contributed by atoms with van der Waals surface area (Å²) in [5.41, 5.74) is 21.4. The molecule has 0 heterocycles. The number of benzene rings is 6. The van der Waals surface area contributed by atoms with Crippen LogP contribution in [0.4, 0.5) is 0 Å². The summed E-state index contributed by atoms with van der Waals surface area (Å²) in [6, 6.07) is 42.0. The number of hydrogen-bond donors (Lipinski definition) is 0. The third-order valence-electron chi connectivity index (χ3n) is 11.5. The molecule has 0 saturated heterocycles. The van der Waals surface area contributed by atoms with Gasteiger partial charge >= 0.3 is 0 Å². The van der Waals surface area contributed by atoms with Crippen molar-refractivity contribution in [2.75, 3.05) is 0 Å². The lowest BCUT2D eigenvalue weighted by atomic mass is 9.76. The van der Waals surface area contributed by atoms with Crippen molar-refractivity contribution in [2.24, 2.45) is 0 Å². The Kier molecular flexibility index (Phi) is 13.0. The molecule has 0 aliphatic rings. The molecule has 0 bridgehead atoms. The van der Waals surface area contributed by atoms with Gasteiger partial charge < -0.3 is 0 Å². The van der Waals surface area contributed by atoms with E-state index in [2.05, 4.69) is 224 Å². The fraction of sp³-hybridized carbons (Fsp3) is 0.333. The molecule has 0 atom stereocenters. The summed E-state index contributed by atoms with van der Waals surface area (Å²) >= 11 is 7.36. The van der Waals surface area contributed by atoms with Crippen molar-refractivity contribution >= 4 is 31.9 Å². The summed E-state index contributed by atoms with van der Waals surface area (Å²) in [5, 5.41) is 0. The van der Waals surface area contributed by atoms with Gasteiger partial charge in [0.25, 0.3) is 0 Å². The Bertz CT molecular complexity index is 2090. The molecule has 6 rings (SSSR count). The van der Waals surface area contributed by atoms with E-state index in [4.69, 9.17) is 0 Å². The maximum Gasteiger partial charge on any atom is 0.0175 e. The molecule has 0 amide bonds. The molecule has 0 fully saturated rings. The first-order valence-corrected chi connectivity index (χ1v) is 22.3. The zero-order valence-corrected chi connectivity index (χ0v) is 38.8. The van der Waals surface area contributed by atoms with Gasteiger partial charge in [-0.1, -0.05) is 188 Å². The number of halogens is 2. The summed E-state index contributed by atoms with van der Waals surface area (Å²) in [7, 11) is 0. The van der Waals surface area contributed by atoms with Gasteiger partial charge in [0, 0.05) is 8.95 Å². The van der Waals surface area contributed by atoms with Crippen molar-refractivity contribution in [3.8, 4) is 55.6 Å². The molecule has 290 valence electrons. The molecule has 0 unspecified atom stereocenters. The maximum atomic E-state index is 3.68. The molecule has 6 aromatic rings. The molecule has 6 aromatic carbocycles. The molecular weight excluding hydrogens is 808 g/mol. The van der Waals surface area contributed by atoms with Crippen molar-refractivity contribution in [3.05, 3.63) is 152 Å². The first kappa shape index (κ1) is 41.9. The van der Waals surface area contributed by atoms with Gasteiger partial charge in [-0.25, -0.2) is 0 Å². The molecule has 0 aliphatic carbocycles. The first-order chi connectivity index (χ1) is 26.5. The van der Waals surface area contributed by atoms with Crippen molar-refractivity contribution in [1.82, 2.24) is 0 Å². The van der Waals surface area contributed by atoms with Gasteiger partial charge in [0.15, 0.2) is 0 Å². The lowest BCUT2D eigenvalue weighted by molar-refractivity contribution is 0.807. The van der Waals surface area contributed by atoms with Crippen LogP contribution in [0, 0.1) is 0 Å². The molecule has 0 spiro atoms. The van der Waals surface area contributed by atoms with Gasteiger partial charge in [0.2, 0.25) is 0 Å². The van der Waals surface area contributed by atoms with E-state index >= 15 is 0 Å². The van der Waals surface area contributed by atoms with E-state index in [1.807, 2.05) is 0 Å². The zero-order valence-electron chi connectivity index (χ0n) is 35.6. The molecule has 0 aromatic heterocycles. The topological polar surface area (TPSA) is 0 Å². The molecule has 2 heteroatoms. The molecule has 0 nitrogen and oxygen atoms in total. The van der Waals surface area contributed by atoms with Gasteiger partial charge in [0.05, 0.1) is 0 Å². The Morgan fingerprint density at radius 3 is 0.804 bits per heavy atom. The molecule has 0 saturated carbocycles. The second kappa shape index (κ2) is 17.4. The van der Waals surface area contributed by atoms with Crippen LogP contribution in [-0.4, -0.2) is 0 Å². The van der Waals surface area contributed by atoms with Gasteiger partial charge in [0.1, 0.15) is 0 Å². The standard InChI is InChI=1S/C54H60Br2/c1-31(2)41-27-47(33(5)6)53(48(28-41)34(7)8)51-25-39(37-13-19-43(55)20-14-37)17-23-45(51)46-24-18-40(38-15-21-44(56)22-16-38)26-52(46)54-49(35(9)10)29-42(32(3)4)30-50(54)36(11)12/h13-36H,1-12H3. The van der Waals surface area contributed by atoms with Crippen LogP contribution < -0.4 is 0 Å². The van der Waals surface area contributed by atoms with E-state index in [0.717, 1.165) is 8.95 Å². The number of rotatable bonds is 11. The van der Waals surface area contributed by atoms with Gasteiger partial charge in [-0.2, -0.15) is 0 Å². The predicted molar refractivity (Wildman–Crippen MR) is 254 cm³/mol. The van der Waals surface area contributed by atoms with E-state index in [1.165, 1.54) is 89.0 Å². The third-order valence-corrected chi connectivity index (χ3v) is 12.5. The second-order valence-electron chi connectivity index (χ2n) is 17.6. The van der Waals surface area contributed by atoms with Crippen LogP contribution in [0.1, 0.15) is 152 Å². The van der Waals surface area contributed by atoms with Crippen LogP contribution >= 0.6 is 31.9 Å².